The van der Waals surface area contributed by atoms with Crippen LogP contribution in [0.3, 0.4) is 0 Å². The molecule has 1 rings (SSSR count). The number of benzene rings is 1. The van der Waals surface area contributed by atoms with E-state index in [2.05, 4.69) is 4.72 Å². The summed E-state index contributed by atoms with van der Waals surface area (Å²) < 4.78 is 23.8. The van der Waals surface area contributed by atoms with Crippen molar-refractivity contribution < 1.29 is 8.42 Å². The Bertz CT molecular complexity index is 529. The molecule has 0 radical (unpaired) electrons. The molecule has 5 nitrogen and oxygen atoms in total. The van der Waals surface area contributed by atoms with Gasteiger partial charge in [0.05, 0.1) is 11.3 Å². The van der Waals surface area contributed by atoms with Crippen molar-refractivity contribution in [1.82, 2.24) is 0 Å². The first-order valence-electron chi connectivity index (χ1n) is 4.68. The zero-order chi connectivity index (χ0) is 12.3. The molecule has 0 unspecified atom stereocenters. The van der Waals surface area contributed by atoms with Gasteiger partial charge in [0.1, 0.15) is 6.07 Å². The Balaban J connectivity index is 3.19. The smallest absolute Gasteiger partial charge is 0.270 e. The molecule has 0 aliphatic carbocycles. The van der Waals surface area contributed by atoms with E-state index in [1.807, 2.05) is 19.9 Å². The summed E-state index contributed by atoms with van der Waals surface area (Å²) in [5.41, 5.74) is 1.44. The minimum Gasteiger partial charge on any atom is -0.270 e. The Morgan fingerprint density at radius 1 is 1.44 bits per heavy atom. The topological polar surface area (TPSA) is 96.0 Å². The third kappa shape index (κ3) is 3.22. The van der Waals surface area contributed by atoms with Gasteiger partial charge < -0.3 is 0 Å². The van der Waals surface area contributed by atoms with Gasteiger partial charge in [0.2, 0.25) is 0 Å². The first-order chi connectivity index (χ1) is 7.33. The molecule has 0 saturated carbocycles. The van der Waals surface area contributed by atoms with Gasteiger partial charge >= 0.3 is 0 Å². The fraction of sp³-hybridized carbons (Fsp3) is 0.300. The van der Waals surface area contributed by atoms with E-state index < -0.39 is 10.2 Å². The number of nitrogens with one attached hydrogen (secondary N) is 1. The monoisotopic (exact) mass is 239 g/mol. The van der Waals surface area contributed by atoms with Crippen LogP contribution < -0.4 is 9.86 Å². The summed E-state index contributed by atoms with van der Waals surface area (Å²) in [6.07, 6.45) is 0. The summed E-state index contributed by atoms with van der Waals surface area (Å²) in [6, 6.07) is 6.88. The van der Waals surface area contributed by atoms with Crippen LogP contribution in [0.15, 0.2) is 18.2 Å². The van der Waals surface area contributed by atoms with E-state index in [0.717, 1.165) is 5.56 Å². The summed E-state index contributed by atoms with van der Waals surface area (Å²) in [7, 11) is -3.84. The molecular weight excluding hydrogens is 226 g/mol. The van der Waals surface area contributed by atoms with Crippen molar-refractivity contribution in [1.29, 1.82) is 5.26 Å². The Morgan fingerprint density at radius 3 is 2.50 bits per heavy atom. The van der Waals surface area contributed by atoms with Crippen LogP contribution >= 0.6 is 0 Å². The molecule has 0 aromatic heterocycles. The van der Waals surface area contributed by atoms with E-state index in [1.54, 1.807) is 12.1 Å². The second kappa shape index (κ2) is 4.51. The minimum absolute atomic E-state index is 0.203. The number of rotatable bonds is 3. The fourth-order valence-corrected chi connectivity index (χ4v) is 1.74. The van der Waals surface area contributed by atoms with Crippen LogP contribution in [0.25, 0.3) is 0 Å². The van der Waals surface area contributed by atoms with Crippen molar-refractivity contribution in [2.45, 2.75) is 19.8 Å². The van der Waals surface area contributed by atoms with Gasteiger partial charge in [-0.15, -0.1) is 0 Å². The maximum Gasteiger partial charge on any atom is 0.296 e. The molecule has 3 N–H and O–H groups in total. The molecule has 0 fully saturated rings. The maximum absolute atomic E-state index is 10.8. The quantitative estimate of drug-likeness (QED) is 0.832. The molecule has 1 aromatic carbocycles. The van der Waals surface area contributed by atoms with Gasteiger partial charge in [-0.1, -0.05) is 19.9 Å². The molecule has 1 aromatic rings. The van der Waals surface area contributed by atoms with E-state index >= 15 is 0 Å². The Labute approximate surface area is 95.1 Å². The first kappa shape index (κ1) is 12.5. The van der Waals surface area contributed by atoms with Crippen LogP contribution in [-0.4, -0.2) is 8.42 Å². The second-order valence-electron chi connectivity index (χ2n) is 3.72. The van der Waals surface area contributed by atoms with Gasteiger partial charge in [0, 0.05) is 0 Å². The van der Waals surface area contributed by atoms with Crippen molar-refractivity contribution in [2.75, 3.05) is 4.72 Å². The predicted octanol–water partition coefficient (Wildman–Crippen LogP) is 1.30. The predicted molar refractivity (Wildman–Crippen MR) is 62.0 cm³/mol. The second-order valence-corrected chi connectivity index (χ2v) is 5.01. The van der Waals surface area contributed by atoms with Crippen LogP contribution in [0.1, 0.15) is 30.9 Å². The normalized spacial score (nSPS) is 11.2. The van der Waals surface area contributed by atoms with Crippen molar-refractivity contribution in [3.8, 4) is 6.07 Å². The minimum atomic E-state index is -3.84. The van der Waals surface area contributed by atoms with Crippen LogP contribution in [0.4, 0.5) is 5.69 Å². The summed E-state index contributed by atoms with van der Waals surface area (Å²) in [4.78, 5) is 0. The standard InChI is InChI=1S/C10H13N3O2S/c1-7(2)8-3-4-10(9(5-8)6-11)13-16(12,14)15/h3-5,7,13H,1-2H3,(H2,12,14,15). The molecule has 0 saturated heterocycles. The van der Waals surface area contributed by atoms with Crippen LogP contribution in [-0.2, 0) is 10.2 Å². The highest BCUT2D eigenvalue weighted by Gasteiger charge is 2.09. The molecule has 0 atom stereocenters. The molecule has 6 heteroatoms. The summed E-state index contributed by atoms with van der Waals surface area (Å²) >= 11 is 0. The van der Waals surface area contributed by atoms with Gasteiger partial charge in [-0.05, 0) is 23.6 Å². The SMILES string of the molecule is CC(C)c1ccc(NS(N)(=O)=O)c(C#N)c1. The molecule has 0 bridgehead atoms. The fourth-order valence-electron chi connectivity index (χ4n) is 1.26. The lowest BCUT2D eigenvalue weighted by Crippen LogP contribution is -2.22. The lowest BCUT2D eigenvalue weighted by atomic mass is 10.0. The summed E-state index contributed by atoms with van der Waals surface area (Å²) in [6.45, 7) is 3.98. The molecule has 0 heterocycles. The average molecular weight is 239 g/mol. The summed E-state index contributed by atoms with van der Waals surface area (Å²) in [5, 5.41) is 13.7. The van der Waals surface area contributed by atoms with Crippen LogP contribution in [0.2, 0.25) is 0 Å². The molecule has 16 heavy (non-hydrogen) atoms. The van der Waals surface area contributed by atoms with Crippen molar-refractivity contribution in [2.24, 2.45) is 5.14 Å². The molecular formula is C10H13N3O2S. The lowest BCUT2D eigenvalue weighted by Gasteiger charge is -2.09. The Morgan fingerprint density at radius 2 is 2.06 bits per heavy atom. The first-order valence-corrected chi connectivity index (χ1v) is 6.22. The highest BCUT2D eigenvalue weighted by atomic mass is 32.2. The van der Waals surface area contributed by atoms with Gasteiger partial charge in [0.25, 0.3) is 10.2 Å². The zero-order valence-electron chi connectivity index (χ0n) is 9.06. The van der Waals surface area contributed by atoms with Gasteiger partial charge in [-0.3, -0.25) is 4.72 Å². The third-order valence-corrected chi connectivity index (χ3v) is 2.59. The van der Waals surface area contributed by atoms with E-state index in [9.17, 15) is 8.42 Å². The van der Waals surface area contributed by atoms with E-state index in [1.165, 1.54) is 6.07 Å². The Hall–Kier alpha value is -1.58. The van der Waals surface area contributed by atoms with Gasteiger partial charge in [-0.25, -0.2) is 5.14 Å². The molecule has 0 spiro atoms. The maximum atomic E-state index is 10.8. The number of hydrogen-bond donors (Lipinski definition) is 2. The van der Waals surface area contributed by atoms with Crippen molar-refractivity contribution >= 4 is 15.9 Å². The number of nitrogens with two attached hydrogens (primary N) is 1. The molecule has 0 amide bonds. The van der Waals surface area contributed by atoms with E-state index in [-0.39, 0.29) is 17.2 Å². The number of hydrogen-bond acceptors (Lipinski definition) is 3. The number of nitriles is 1. The molecule has 0 aliphatic heterocycles. The molecule has 86 valence electrons. The number of anilines is 1. The summed E-state index contributed by atoms with van der Waals surface area (Å²) in [5.74, 6) is 0.274. The largest absolute Gasteiger partial charge is 0.296 e. The highest BCUT2D eigenvalue weighted by Crippen LogP contribution is 2.22. The Kier molecular flexibility index (Phi) is 3.52. The zero-order valence-corrected chi connectivity index (χ0v) is 9.88. The van der Waals surface area contributed by atoms with Gasteiger partial charge in [0.15, 0.2) is 0 Å². The lowest BCUT2D eigenvalue weighted by molar-refractivity contribution is 0.603. The van der Waals surface area contributed by atoms with E-state index in [0.29, 0.717) is 0 Å². The third-order valence-electron chi connectivity index (χ3n) is 2.08. The number of nitrogens with zero attached hydrogens (tertiary/aromatic N) is 1. The van der Waals surface area contributed by atoms with E-state index in [4.69, 9.17) is 10.4 Å². The van der Waals surface area contributed by atoms with Crippen LogP contribution in [0, 0.1) is 11.3 Å². The van der Waals surface area contributed by atoms with Crippen molar-refractivity contribution in [3.63, 3.8) is 0 Å². The van der Waals surface area contributed by atoms with Gasteiger partial charge in [-0.2, -0.15) is 13.7 Å². The average Bonchev–Trinajstić information content (AvgIpc) is 2.15. The molecule has 0 aliphatic rings. The van der Waals surface area contributed by atoms with Crippen molar-refractivity contribution in [3.05, 3.63) is 29.3 Å². The highest BCUT2D eigenvalue weighted by molar-refractivity contribution is 7.90. The van der Waals surface area contributed by atoms with Crippen LogP contribution in [0.5, 0.6) is 0 Å².